The van der Waals surface area contributed by atoms with Gasteiger partial charge in [0.05, 0.1) is 11.1 Å². The molecular weight excluding hydrogens is 374 g/mol. The number of amides is 3. The van der Waals surface area contributed by atoms with Gasteiger partial charge in [-0.1, -0.05) is 42.5 Å². The molecule has 0 fully saturated rings. The number of anilines is 1. The summed E-state index contributed by atoms with van der Waals surface area (Å²) in [5, 5.41) is 3.16. The van der Waals surface area contributed by atoms with Crippen LogP contribution in [0.3, 0.4) is 0 Å². The van der Waals surface area contributed by atoms with Crippen molar-refractivity contribution >= 4 is 34.2 Å². The fraction of sp³-hybridized carbons (Fsp3) is 0.143. The summed E-state index contributed by atoms with van der Waals surface area (Å²) in [6, 6.07) is 15.6. The number of nitrogens with zero attached hydrogens (tertiary/aromatic N) is 2. The van der Waals surface area contributed by atoms with Crippen molar-refractivity contribution < 1.29 is 14.4 Å². The molecule has 1 aliphatic rings. The highest BCUT2D eigenvalue weighted by Crippen LogP contribution is 2.26. The number of rotatable bonds is 5. The first-order valence-electron chi connectivity index (χ1n) is 8.81. The zero-order chi connectivity index (χ0) is 19.7. The second kappa shape index (κ2) is 7.36. The number of imide groups is 1. The molecule has 6 nitrogen and oxygen atoms in total. The van der Waals surface area contributed by atoms with E-state index in [4.69, 9.17) is 0 Å². The summed E-state index contributed by atoms with van der Waals surface area (Å²) in [5.41, 5.74) is 1.81. The predicted molar refractivity (Wildman–Crippen MR) is 106 cm³/mol. The lowest BCUT2D eigenvalue weighted by atomic mass is 10.1. The first-order chi connectivity index (χ1) is 13.5. The third-order valence-corrected chi connectivity index (χ3v) is 5.51. The first kappa shape index (κ1) is 18.1. The molecule has 140 valence electrons. The Balaban J connectivity index is 1.44. The fourth-order valence-corrected chi connectivity index (χ4v) is 3.98. The maximum Gasteiger partial charge on any atom is 0.262 e. The molecule has 0 saturated heterocycles. The smallest absolute Gasteiger partial charge is 0.262 e. The van der Waals surface area contributed by atoms with Gasteiger partial charge in [0.1, 0.15) is 6.04 Å². The summed E-state index contributed by atoms with van der Waals surface area (Å²) in [4.78, 5) is 43.9. The van der Waals surface area contributed by atoms with E-state index < -0.39 is 23.8 Å². The molecule has 0 unspecified atom stereocenters. The zero-order valence-electron chi connectivity index (χ0n) is 15.1. The average Bonchev–Trinajstić information content (AvgIpc) is 3.24. The zero-order valence-corrected chi connectivity index (χ0v) is 15.9. The van der Waals surface area contributed by atoms with E-state index in [-0.39, 0.29) is 0 Å². The Morgan fingerprint density at radius 2 is 1.64 bits per heavy atom. The molecule has 3 amide bonds. The van der Waals surface area contributed by atoms with Crippen molar-refractivity contribution in [3.63, 3.8) is 0 Å². The Hall–Kier alpha value is -3.32. The van der Waals surface area contributed by atoms with Crippen LogP contribution in [-0.4, -0.2) is 33.6 Å². The molecule has 0 saturated carbocycles. The minimum absolute atomic E-state index is 0.326. The second-order valence-electron chi connectivity index (χ2n) is 6.49. The van der Waals surface area contributed by atoms with Crippen molar-refractivity contribution in [2.24, 2.45) is 0 Å². The maximum absolute atomic E-state index is 12.6. The minimum Gasteiger partial charge on any atom is -0.300 e. The van der Waals surface area contributed by atoms with Crippen LogP contribution in [0.1, 0.15) is 38.1 Å². The maximum atomic E-state index is 12.6. The van der Waals surface area contributed by atoms with Crippen molar-refractivity contribution in [1.82, 2.24) is 9.88 Å². The van der Waals surface area contributed by atoms with E-state index >= 15 is 0 Å². The summed E-state index contributed by atoms with van der Waals surface area (Å²) < 4.78 is 0. The Kier molecular flexibility index (Phi) is 4.75. The lowest BCUT2D eigenvalue weighted by molar-refractivity contribution is -0.119. The summed E-state index contributed by atoms with van der Waals surface area (Å²) in [7, 11) is 0. The van der Waals surface area contributed by atoms with Crippen LogP contribution in [-0.2, 0) is 11.2 Å². The number of hydrogen-bond donors (Lipinski definition) is 1. The van der Waals surface area contributed by atoms with Gasteiger partial charge < -0.3 is 5.32 Å². The lowest BCUT2D eigenvalue weighted by Gasteiger charge is -2.21. The molecule has 0 aliphatic carbocycles. The van der Waals surface area contributed by atoms with Crippen LogP contribution in [0.25, 0.3) is 0 Å². The number of benzene rings is 2. The average molecular weight is 391 g/mol. The van der Waals surface area contributed by atoms with E-state index in [0.29, 0.717) is 16.3 Å². The van der Waals surface area contributed by atoms with Crippen molar-refractivity contribution in [3.05, 3.63) is 82.4 Å². The number of nitrogens with one attached hydrogen (secondary N) is 1. The number of hydrogen-bond acceptors (Lipinski definition) is 5. The molecule has 0 spiro atoms. The quantitative estimate of drug-likeness (QED) is 0.677. The molecular formula is C21H17N3O3S. The standard InChI is InChI=1S/C21H17N3O3S/c1-13(24-19(26)16-9-5-6-10-17(16)20(24)27)18(25)23-21-22-12-15(28-21)11-14-7-3-2-4-8-14/h2-10,12-13H,11H2,1H3,(H,22,23,25)/t13-/m1/s1. The number of aromatic nitrogens is 1. The van der Waals surface area contributed by atoms with Crippen LogP contribution in [0.15, 0.2) is 60.8 Å². The fourth-order valence-electron chi connectivity index (χ4n) is 3.13. The highest BCUT2D eigenvalue weighted by Gasteiger charge is 2.40. The van der Waals surface area contributed by atoms with Crippen molar-refractivity contribution in [2.75, 3.05) is 5.32 Å². The molecule has 2 heterocycles. The summed E-state index contributed by atoms with van der Waals surface area (Å²) in [5.74, 6) is -1.35. The Bertz CT molecular complexity index is 1030. The van der Waals surface area contributed by atoms with Crippen LogP contribution in [0.2, 0.25) is 0 Å². The monoisotopic (exact) mass is 391 g/mol. The van der Waals surface area contributed by atoms with Gasteiger partial charge in [-0.05, 0) is 24.6 Å². The van der Waals surface area contributed by atoms with E-state index in [0.717, 1.165) is 21.8 Å². The van der Waals surface area contributed by atoms with E-state index in [9.17, 15) is 14.4 Å². The van der Waals surface area contributed by atoms with E-state index in [1.165, 1.54) is 18.3 Å². The van der Waals surface area contributed by atoms with Gasteiger partial charge in [0.25, 0.3) is 11.8 Å². The van der Waals surface area contributed by atoms with Gasteiger partial charge >= 0.3 is 0 Å². The summed E-state index contributed by atoms with van der Waals surface area (Å²) in [6.07, 6.45) is 2.45. The highest BCUT2D eigenvalue weighted by molar-refractivity contribution is 7.15. The number of thiazole rings is 1. The Labute approximate surface area is 165 Å². The van der Waals surface area contributed by atoms with Crippen LogP contribution < -0.4 is 5.32 Å². The highest BCUT2D eigenvalue weighted by atomic mass is 32.1. The van der Waals surface area contributed by atoms with Gasteiger partial charge in [0.2, 0.25) is 5.91 Å². The van der Waals surface area contributed by atoms with Gasteiger partial charge in [-0.2, -0.15) is 0 Å². The van der Waals surface area contributed by atoms with Crippen LogP contribution in [0.5, 0.6) is 0 Å². The molecule has 7 heteroatoms. The van der Waals surface area contributed by atoms with Gasteiger partial charge in [-0.3, -0.25) is 19.3 Å². The van der Waals surface area contributed by atoms with Crippen LogP contribution in [0, 0.1) is 0 Å². The Morgan fingerprint density at radius 3 is 2.29 bits per heavy atom. The Morgan fingerprint density at radius 1 is 1.04 bits per heavy atom. The molecule has 1 aromatic heterocycles. The predicted octanol–water partition coefficient (Wildman–Crippen LogP) is 3.36. The van der Waals surface area contributed by atoms with Crippen molar-refractivity contribution in [2.45, 2.75) is 19.4 Å². The molecule has 28 heavy (non-hydrogen) atoms. The lowest BCUT2D eigenvalue weighted by Crippen LogP contribution is -2.45. The van der Waals surface area contributed by atoms with Gasteiger partial charge in [0, 0.05) is 17.5 Å². The third-order valence-electron chi connectivity index (χ3n) is 4.60. The molecule has 4 rings (SSSR count). The molecule has 0 bridgehead atoms. The number of carbonyl (C=O) groups is 3. The SMILES string of the molecule is C[C@H](C(=O)Nc1ncc(Cc2ccccc2)s1)N1C(=O)c2ccccc2C1=O. The molecule has 1 aliphatic heterocycles. The molecule has 3 aromatic rings. The minimum atomic E-state index is -0.936. The molecule has 2 aromatic carbocycles. The number of fused-ring (bicyclic) bond motifs is 1. The van der Waals surface area contributed by atoms with Crippen molar-refractivity contribution in [3.8, 4) is 0 Å². The van der Waals surface area contributed by atoms with E-state index in [2.05, 4.69) is 10.3 Å². The largest absolute Gasteiger partial charge is 0.300 e. The topological polar surface area (TPSA) is 79.4 Å². The van der Waals surface area contributed by atoms with Crippen LogP contribution >= 0.6 is 11.3 Å². The second-order valence-corrected chi connectivity index (χ2v) is 7.60. The summed E-state index contributed by atoms with van der Waals surface area (Å²) in [6.45, 7) is 1.54. The normalized spacial score (nSPS) is 14.1. The molecule has 1 atom stereocenters. The van der Waals surface area contributed by atoms with Gasteiger partial charge in [0.15, 0.2) is 5.13 Å². The number of carbonyl (C=O) groups excluding carboxylic acids is 3. The van der Waals surface area contributed by atoms with Crippen molar-refractivity contribution in [1.29, 1.82) is 0 Å². The van der Waals surface area contributed by atoms with Gasteiger partial charge in [-0.15, -0.1) is 11.3 Å². The molecule has 0 radical (unpaired) electrons. The van der Waals surface area contributed by atoms with Gasteiger partial charge in [-0.25, -0.2) is 4.98 Å². The van der Waals surface area contributed by atoms with E-state index in [1.54, 1.807) is 30.5 Å². The van der Waals surface area contributed by atoms with Crippen LogP contribution in [0.4, 0.5) is 5.13 Å². The third kappa shape index (κ3) is 3.32. The molecule has 1 N–H and O–H groups in total. The summed E-state index contributed by atoms with van der Waals surface area (Å²) >= 11 is 1.37. The first-order valence-corrected chi connectivity index (χ1v) is 9.62. The van der Waals surface area contributed by atoms with E-state index in [1.807, 2.05) is 30.3 Å².